The Balaban J connectivity index is 1.32. The number of hydrogen-bond donors (Lipinski definition) is 3. The van der Waals surface area contributed by atoms with Crippen LogP contribution in [0.15, 0.2) is 91.3 Å². The van der Waals surface area contributed by atoms with Gasteiger partial charge in [0.05, 0.1) is 17.6 Å². The van der Waals surface area contributed by atoms with Crippen molar-refractivity contribution in [3.8, 4) is 22.5 Å². The standard InChI is InChI=1S/C34H34N6O2/c1-22(2)18-35-31-32-36-20-30(24-11-13-25(14-12-24)34(42)38-28-15-16-28)40(32)21-29(39-31)26-9-6-10-27(17-26)33(41)37-19-23-7-4-3-5-8-23/h3-14,17,20-22,28H,15-16,18-19H2,1-2H3,(H,35,39)(H,37,41)(H,38,42). The first-order valence-electron chi connectivity index (χ1n) is 14.4. The number of aromatic nitrogens is 3. The lowest BCUT2D eigenvalue weighted by Crippen LogP contribution is -2.25. The number of nitrogens with zero attached hydrogens (tertiary/aromatic N) is 3. The lowest BCUT2D eigenvalue weighted by molar-refractivity contribution is 0.0943. The van der Waals surface area contributed by atoms with Crippen LogP contribution in [0.3, 0.4) is 0 Å². The molecule has 8 nitrogen and oxygen atoms in total. The summed E-state index contributed by atoms with van der Waals surface area (Å²) < 4.78 is 2.02. The Bertz CT molecular complexity index is 1720. The highest BCUT2D eigenvalue weighted by Crippen LogP contribution is 2.29. The van der Waals surface area contributed by atoms with Gasteiger partial charge in [0.1, 0.15) is 0 Å². The van der Waals surface area contributed by atoms with Crippen LogP contribution in [-0.4, -0.2) is 38.8 Å². The lowest BCUT2D eigenvalue weighted by atomic mass is 10.1. The molecule has 0 bridgehead atoms. The number of carbonyl (C=O) groups excluding carboxylic acids is 2. The number of amides is 2. The molecule has 0 unspecified atom stereocenters. The highest BCUT2D eigenvalue weighted by atomic mass is 16.2. The number of hydrogen-bond acceptors (Lipinski definition) is 5. The van der Waals surface area contributed by atoms with E-state index in [0.29, 0.717) is 46.8 Å². The van der Waals surface area contributed by atoms with Gasteiger partial charge in [-0.25, -0.2) is 9.97 Å². The molecule has 1 aliphatic rings. The Morgan fingerprint density at radius 3 is 2.43 bits per heavy atom. The Morgan fingerprint density at radius 2 is 1.69 bits per heavy atom. The van der Waals surface area contributed by atoms with Crippen molar-refractivity contribution < 1.29 is 9.59 Å². The zero-order chi connectivity index (χ0) is 29.1. The number of anilines is 1. The van der Waals surface area contributed by atoms with Gasteiger partial charge in [0.2, 0.25) is 0 Å². The number of carbonyl (C=O) groups is 2. The van der Waals surface area contributed by atoms with E-state index in [-0.39, 0.29) is 11.8 Å². The largest absolute Gasteiger partial charge is 0.367 e. The number of nitrogens with one attached hydrogen (secondary N) is 3. The molecule has 1 aliphatic carbocycles. The van der Waals surface area contributed by atoms with E-state index < -0.39 is 0 Å². The second-order valence-electron chi connectivity index (χ2n) is 11.2. The van der Waals surface area contributed by atoms with Crippen molar-refractivity contribution in [3.05, 3.63) is 108 Å². The van der Waals surface area contributed by atoms with Crippen LogP contribution in [0.4, 0.5) is 5.82 Å². The van der Waals surface area contributed by atoms with Crippen molar-refractivity contribution in [2.45, 2.75) is 39.3 Å². The van der Waals surface area contributed by atoms with Crippen LogP contribution in [0.2, 0.25) is 0 Å². The molecule has 2 heterocycles. The SMILES string of the molecule is CC(C)CNc1nc(-c2cccc(C(=O)NCc3ccccc3)c2)cn2c(-c3ccc(C(=O)NC4CC4)cc3)cnc12. The maximum atomic E-state index is 13.0. The summed E-state index contributed by atoms with van der Waals surface area (Å²) in [6, 6.07) is 25.3. The molecule has 1 saturated carbocycles. The van der Waals surface area contributed by atoms with Gasteiger partial charge < -0.3 is 16.0 Å². The van der Waals surface area contributed by atoms with Crippen LogP contribution in [0.5, 0.6) is 0 Å². The number of imidazole rings is 1. The number of rotatable bonds is 10. The maximum absolute atomic E-state index is 13.0. The van der Waals surface area contributed by atoms with Gasteiger partial charge in [0, 0.05) is 47.6 Å². The van der Waals surface area contributed by atoms with Crippen LogP contribution in [0.25, 0.3) is 28.2 Å². The smallest absolute Gasteiger partial charge is 0.251 e. The molecule has 42 heavy (non-hydrogen) atoms. The fourth-order valence-corrected chi connectivity index (χ4v) is 4.75. The van der Waals surface area contributed by atoms with Crippen molar-refractivity contribution in [2.24, 2.45) is 5.92 Å². The summed E-state index contributed by atoms with van der Waals surface area (Å²) in [7, 11) is 0. The minimum Gasteiger partial charge on any atom is -0.367 e. The highest BCUT2D eigenvalue weighted by molar-refractivity contribution is 5.96. The molecular formula is C34H34N6O2. The van der Waals surface area contributed by atoms with Gasteiger partial charge in [-0.05, 0) is 48.6 Å². The van der Waals surface area contributed by atoms with E-state index >= 15 is 0 Å². The zero-order valence-electron chi connectivity index (χ0n) is 23.8. The zero-order valence-corrected chi connectivity index (χ0v) is 23.8. The molecule has 0 saturated heterocycles. The molecule has 1 fully saturated rings. The van der Waals surface area contributed by atoms with Gasteiger partial charge in [-0.3, -0.25) is 14.0 Å². The van der Waals surface area contributed by atoms with Crippen molar-refractivity contribution in [3.63, 3.8) is 0 Å². The van der Waals surface area contributed by atoms with Crippen LogP contribution < -0.4 is 16.0 Å². The van der Waals surface area contributed by atoms with Crippen LogP contribution in [0.1, 0.15) is 53.0 Å². The average Bonchev–Trinajstić information content (AvgIpc) is 3.73. The van der Waals surface area contributed by atoms with Gasteiger partial charge in [-0.15, -0.1) is 0 Å². The maximum Gasteiger partial charge on any atom is 0.251 e. The third kappa shape index (κ3) is 6.17. The van der Waals surface area contributed by atoms with E-state index in [9.17, 15) is 9.59 Å². The first-order chi connectivity index (χ1) is 20.4. The molecule has 0 aliphatic heterocycles. The van der Waals surface area contributed by atoms with E-state index in [1.54, 1.807) is 0 Å². The average molecular weight is 559 g/mol. The molecular weight excluding hydrogens is 524 g/mol. The summed E-state index contributed by atoms with van der Waals surface area (Å²) in [4.78, 5) is 35.1. The predicted octanol–water partition coefficient (Wildman–Crippen LogP) is 5.95. The van der Waals surface area contributed by atoms with Crippen LogP contribution in [0, 0.1) is 5.92 Å². The number of fused-ring (bicyclic) bond motifs is 1. The second-order valence-corrected chi connectivity index (χ2v) is 11.2. The first kappa shape index (κ1) is 27.2. The van der Waals surface area contributed by atoms with E-state index in [1.807, 2.05) is 95.7 Å². The topological polar surface area (TPSA) is 100 Å². The fraction of sp³-hybridized carbons (Fsp3) is 0.235. The molecule has 5 aromatic rings. The van der Waals surface area contributed by atoms with E-state index in [0.717, 1.165) is 41.8 Å². The van der Waals surface area contributed by atoms with Crippen molar-refractivity contribution in [1.82, 2.24) is 25.0 Å². The van der Waals surface area contributed by atoms with E-state index in [2.05, 4.69) is 29.8 Å². The summed E-state index contributed by atoms with van der Waals surface area (Å²) in [5.74, 6) is 0.901. The first-order valence-corrected chi connectivity index (χ1v) is 14.4. The van der Waals surface area contributed by atoms with Gasteiger partial charge in [0.15, 0.2) is 11.5 Å². The third-order valence-corrected chi connectivity index (χ3v) is 7.24. The van der Waals surface area contributed by atoms with Crippen LogP contribution >= 0.6 is 0 Å². The molecule has 6 rings (SSSR count). The minimum atomic E-state index is -0.144. The molecule has 0 spiro atoms. The molecule has 3 aromatic carbocycles. The molecule has 0 atom stereocenters. The minimum absolute atomic E-state index is 0.0402. The summed E-state index contributed by atoms with van der Waals surface area (Å²) in [5, 5.41) is 9.50. The summed E-state index contributed by atoms with van der Waals surface area (Å²) in [6.45, 7) is 5.48. The predicted molar refractivity (Wildman–Crippen MR) is 165 cm³/mol. The molecule has 2 amide bonds. The molecule has 212 valence electrons. The summed E-state index contributed by atoms with van der Waals surface area (Å²) in [5.41, 5.74) is 6.31. The van der Waals surface area contributed by atoms with Gasteiger partial charge in [0.25, 0.3) is 11.8 Å². The van der Waals surface area contributed by atoms with Gasteiger partial charge in [-0.1, -0.05) is 68.4 Å². The van der Waals surface area contributed by atoms with E-state index in [1.165, 1.54) is 0 Å². The summed E-state index contributed by atoms with van der Waals surface area (Å²) in [6.07, 6.45) is 5.88. The molecule has 8 heteroatoms. The van der Waals surface area contributed by atoms with Crippen molar-refractivity contribution in [1.29, 1.82) is 0 Å². The normalized spacial score (nSPS) is 12.8. The fourth-order valence-electron chi connectivity index (χ4n) is 4.75. The van der Waals surface area contributed by atoms with Gasteiger partial charge >= 0.3 is 0 Å². The Labute approximate surface area is 245 Å². The van der Waals surface area contributed by atoms with E-state index in [4.69, 9.17) is 9.97 Å². The van der Waals surface area contributed by atoms with Crippen molar-refractivity contribution in [2.75, 3.05) is 11.9 Å². The molecule has 2 aromatic heterocycles. The molecule has 3 N–H and O–H groups in total. The van der Waals surface area contributed by atoms with Crippen molar-refractivity contribution >= 4 is 23.3 Å². The Hall–Kier alpha value is -4.98. The number of benzene rings is 3. The second kappa shape index (κ2) is 11.9. The molecule has 0 radical (unpaired) electrons. The Kier molecular flexibility index (Phi) is 7.68. The highest BCUT2D eigenvalue weighted by Gasteiger charge is 2.24. The Morgan fingerprint density at radius 1 is 0.905 bits per heavy atom. The third-order valence-electron chi connectivity index (χ3n) is 7.24. The van der Waals surface area contributed by atoms with Gasteiger partial charge in [-0.2, -0.15) is 0 Å². The van der Waals surface area contributed by atoms with Crippen LogP contribution in [-0.2, 0) is 6.54 Å². The summed E-state index contributed by atoms with van der Waals surface area (Å²) >= 11 is 0. The lowest BCUT2D eigenvalue weighted by Gasteiger charge is -2.13. The monoisotopic (exact) mass is 558 g/mol. The quantitative estimate of drug-likeness (QED) is 0.197.